The largest absolute Gasteiger partial charge is 0.339 e. The SMILES string of the molecule is Cc1c(C(=O)N2CCN(C)CC2)c(-c2cccc3ccccc23)cn1-c1cncn1CC1CCN(C(=O)c2ccc3ccccc3c2)CC1. The lowest BCUT2D eigenvalue weighted by molar-refractivity contribution is 0.0661. The van der Waals surface area contributed by atoms with E-state index in [9.17, 15) is 9.59 Å². The van der Waals surface area contributed by atoms with Gasteiger partial charge in [-0.15, -0.1) is 0 Å². The number of benzene rings is 4. The molecule has 6 aromatic rings. The van der Waals surface area contributed by atoms with Gasteiger partial charge in [0.1, 0.15) is 5.82 Å². The normalized spacial score (nSPS) is 16.1. The van der Waals surface area contributed by atoms with Gasteiger partial charge in [0.25, 0.3) is 11.8 Å². The highest BCUT2D eigenvalue weighted by Gasteiger charge is 2.29. The van der Waals surface area contributed by atoms with E-state index in [1.54, 1.807) is 0 Å². The molecule has 0 aliphatic carbocycles. The van der Waals surface area contributed by atoms with Crippen molar-refractivity contribution >= 4 is 33.4 Å². The van der Waals surface area contributed by atoms with Gasteiger partial charge in [-0.3, -0.25) is 9.59 Å². The predicted molar refractivity (Wildman–Crippen MR) is 195 cm³/mol. The van der Waals surface area contributed by atoms with Crippen molar-refractivity contribution in [1.29, 1.82) is 0 Å². The highest BCUT2D eigenvalue weighted by molar-refractivity contribution is 6.07. The van der Waals surface area contributed by atoms with Gasteiger partial charge in [-0.1, -0.05) is 72.8 Å². The van der Waals surface area contributed by atoms with Crippen LogP contribution in [0.4, 0.5) is 0 Å². The van der Waals surface area contributed by atoms with Crippen LogP contribution in [0.2, 0.25) is 0 Å². The first-order valence-electron chi connectivity index (χ1n) is 17.4. The first kappa shape index (κ1) is 31.1. The van der Waals surface area contributed by atoms with Gasteiger partial charge >= 0.3 is 0 Å². The average Bonchev–Trinajstić information content (AvgIpc) is 3.74. The molecular formula is C41H42N6O2. The van der Waals surface area contributed by atoms with Gasteiger partial charge in [0.05, 0.1) is 18.1 Å². The van der Waals surface area contributed by atoms with Crippen molar-refractivity contribution in [1.82, 2.24) is 28.8 Å². The van der Waals surface area contributed by atoms with Gasteiger partial charge in [-0.05, 0) is 72.0 Å². The topological polar surface area (TPSA) is 66.6 Å². The Morgan fingerprint density at radius 3 is 2.22 bits per heavy atom. The number of carbonyl (C=O) groups excluding carboxylic acids is 2. The highest BCUT2D eigenvalue weighted by atomic mass is 16.2. The zero-order valence-corrected chi connectivity index (χ0v) is 28.3. The molecule has 2 fully saturated rings. The van der Waals surface area contributed by atoms with E-state index >= 15 is 0 Å². The quantitative estimate of drug-likeness (QED) is 0.197. The molecule has 0 atom stereocenters. The van der Waals surface area contributed by atoms with Crippen molar-refractivity contribution in [2.45, 2.75) is 26.3 Å². The lowest BCUT2D eigenvalue weighted by Crippen LogP contribution is -2.47. The van der Waals surface area contributed by atoms with Crippen LogP contribution in [0.3, 0.4) is 0 Å². The number of piperidine rings is 1. The van der Waals surface area contributed by atoms with Crippen LogP contribution < -0.4 is 0 Å². The van der Waals surface area contributed by atoms with Crippen LogP contribution in [0.1, 0.15) is 39.3 Å². The number of likely N-dealkylation sites (N-methyl/N-ethyl adjacent to an activating group) is 1. The molecule has 0 spiro atoms. The molecule has 8 nitrogen and oxygen atoms in total. The third-order valence-corrected chi connectivity index (χ3v) is 10.6. The summed E-state index contributed by atoms with van der Waals surface area (Å²) >= 11 is 0. The number of amides is 2. The Morgan fingerprint density at radius 1 is 0.735 bits per heavy atom. The second-order valence-electron chi connectivity index (χ2n) is 13.7. The fourth-order valence-corrected chi connectivity index (χ4v) is 7.70. The van der Waals surface area contributed by atoms with Crippen LogP contribution in [0.15, 0.2) is 104 Å². The molecule has 0 bridgehead atoms. The second kappa shape index (κ2) is 13.0. The molecule has 49 heavy (non-hydrogen) atoms. The minimum Gasteiger partial charge on any atom is -0.339 e. The Bertz CT molecular complexity index is 2160. The van der Waals surface area contributed by atoms with Gasteiger partial charge in [-0.2, -0.15) is 0 Å². The average molecular weight is 651 g/mol. The lowest BCUT2D eigenvalue weighted by atomic mass is 9.96. The van der Waals surface area contributed by atoms with Gasteiger partial charge < -0.3 is 23.8 Å². The van der Waals surface area contributed by atoms with Gasteiger partial charge in [-0.25, -0.2) is 4.98 Å². The summed E-state index contributed by atoms with van der Waals surface area (Å²) in [5.41, 5.74) is 4.44. The third kappa shape index (κ3) is 5.91. The fourth-order valence-electron chi connectivity index (χ4n) is 7.70. The van der Waals surface area contributed by atoms with Crippen LogP contribution in [0, 0.1) is 12.8 Å². The minimum atomic E-state index is 0.0850. The summed E-state index contributed by atoms with van der Waals surface area (Å²) in [5.74, 6) is 1.55. The number of likely N-dealkylation sites (tertiary alicyclic amines) is 1. The number of carbonyl (C=O) groups is 2. The Morgan fingerprint density at radius 2 is 1.43 bits per heavy atom. The van der Waals surface area contributed by atoms with E-state index in [1.807, 2.05) is 52.7 Å². The van der Waals surface area contributed by atoms with Crippen LogP contribution in [-0.4, -0.2) is 86.9 Å². The number of piperazine rings is 1. The maximum atomic E-state index is 14.3. The number of hydrogen-bond donors (Lipinski definition) is 0. The fraction of sp³-hybridized carbons (Fsp3) is 0.293. The number of hydrogen-bond acceptors (Lipinski definition) is 4. The number of rotatable bonds is 6. The number of imidazole rings is 1. The Balaban J connectivity index is 1.06. The van der Waals surface area contributed by atoms with Crippen molar-refractivity contribution in [2.75, 3.05) is 46.3 Å². The Labute approximate surface area is 287 Å². The number of nitrogens with zero attached hydrogens (tertiary/aromatic N) is 6. The van der Waals surface area contributed by atoms with E-state index < -0.39 is 0 Å². The Hall–Kier alpha value is -5.21. The van der Waals surface area contributed by atoms with E-state index in [4.69, 9.17) is 0 Å². The third-order valence-electron chi connectivity index (χ3n) is 10.6. The van der Waals surface area contributed by atoms with E-state index in [2.05, 4.69) is 93.8 Å². The molecule has 2 aliphatic rings. The molecule has 0 saturated carbocycles. The van der Waals surface area contributed by atoms with Crippen LogP contribution >= 0.6 is 0 Å². The van der Waals surface area contributed by atoms with Crippen LogP contribution in [0.25, 0.3) is 38.5 Å². The first-order chi connectivity index (χ1) is 23.9. The van der Waals surface area contributed by atoms with Gasteiger partial charge in [0, 0.05) is 68.8 Å². The summed E-state index contributed by atoms with van der Waals surface area (Å²) in [6.45, 7) is 7.50. The molecule has 0 N–H and O–H groups in total. The maximum absolute atomic E-state index is 14.3. The monoisotopic (exact) mass is 650 g/mol. The molecule has 248 valence electrons. The summed E-state index contributed by atoms with van der Waals surface area (Å²) in [6.07, 6.45) is 7.80. The van der Waals surface area contributed by atoms with Crippen LogP contribution in [0.5, 0.6) is 0 Å². The molecule has 0 unspecified atom stereocenters. The van der Waals surface area contributed by atoms with Crippen molar-refractivity contribution in [3.8, 4) is 16.9 Å². The first-order valence-corrected chi connectivity index (χ1v) is 17.4. The highest BCUT2D eigenvalue weighted by Crippen LogP contribution is 2.36. The number of fused-ring (bicyclic) bond motifs is 2. The molecule has 2 saturated heterocycles. The van der Waals surface area contributed by atoms with Crippen LogP contribution in [-0.2, 0) is 6.54 Å². The zero-order chi connectivity index (χ0) is 33.5. The molecule has 4 aromatic carbocycles. The predicted octanol–water partition coefficient (Wildman–Crippen LogP) is 6.90. The minimum absolute atomic E-state index is 0.0850. The summed E-state index contributed by atoms with van der Waals surface area (Å²) in [5, 5.41) is 4.52. The lowest BCUT2D eigenvalue weighted by Gasteiger charge is -2.33. The van der Waals surface area contributed by atoms with Gasteiger partial charge in [0.2, 0.25) is 0 Å². The molecule has 2 aliphatic heterocycles. The zero-order valence-electron chi connectivity index (χ0n) is 28.3. The van der Waals surface area contributed by atoms with E-state index in [1.165, 1.54) is 0 Å². The second-order valence-corrected chi connectivity index (χ2v) is 13.7. The Kier molecular flexibility index (Phi) is 8.25. The standard InChI is InChI=1S/C41H42N6O2/c1-29-39(41(49)45-22-20-43(2)21-23-45)37(36-13-7-11-32-9-5-6-12-35(32)36)27-47(29)38-25-42-28-46(38)26-30-16-18-44(19-17-30)40(48)34-15-14-31-8-3-4-10-33(31)24-34/h3-15,24-25,27-28,30H,16-23,26H2,1-2H3. The molecule has 0 radical (unpaired) electrons. The molecule has 8 heteroatoms. The smallest absolute Gasteiger partial charge is 0.256 e. The van der Waals surface area contributed by atoms with Gasteiger partial charge in [0.15, 0.2) is 0 Å². The maximum Gasteiger partial charge on any atom is 0.256 e. The van der Waals surface area contributed by atoms with Crippen molar-refractivity contribution in [3.05, 3.63) is 120 Å². The molecule has 2 amide bonds. The van der Waals surface area contributed by atoms with E-state index in [0.29, 0.717) is 5.92 Å². The molecular weight excluding hydrogens is 608 g/mol. The summed E-state index contributed by atoms with van der Waals surface area (Å²) in [6, 6.07) is 28.9. The van der Waals surface area contributed by atoms with Crippen molar-refractivity contribution in [2.24, 2.45) is 5.92 Å². The summed E-state index contributed by atoms with van der Waals surface area (Å²) in [4.78, 5) is 38.6. The molecule has 4 heterocycles. The van der Waals surface area contributed by atoms with Crippen molar-refractivity contribution in [3.63, 3.8) is 0 Å². The molecule has 2 aromatic heterocycles. The number of aromatic nitrogens is 3. The summed E-state index contributed by atoms with van der Waals surface area (Å²) < 4.78 is 4.38. The molecule has 8 rings (SSSR count). The van der Waals surface area contributed by atoms with E-state index in [0.717, 1.165) is 114 Å². The van der Waals surface area contributed by atoms with Crippen molar-refractivity contribution < 1.29 is 9.59 Å². The summed E-state index contributed by atoms with van der Waals surface area (Å²) in [7, 11) is 2.11. The van der Waals surface area contributed by atoms with E-state index in [-0.39, 0.29) is 11.8 Å².